The second kappa shape index (κ2) is 4.98. The number of aryl methyl sites for hydroxylation is 1. The average Bonchev–Trinajstić information content (AvgIpc) is 2.78. The molecule has 0 spiro atoms. The van der Waals surface area contributed by atoms with Gasteiger partial charge in [0.15, 0.2) is 16.6 Å². The molecule has 20 heavy (non-hydrogen) atoms. The maximum Gasteiger partial charge on any atom is 0.185 e. The molecule has 0 amide bonds. The number of aromatic nitrogens is 4. The van der Waals surface area contributed by atoms with Crippen LogP contribution in [0.4, 0.5) is 0 Å². The molecular weight excluding hydrogens is 363 g/mol. The van der Waals surface area contributed by atoms with E-state index in [4.69, 9.17) is 23.2 Å². The summed E-state index contributed by atoms with van der Waals surface area (Å²) in [4.78, 5) is 0. The zero-order valence-corrected chi connectivity index (χ0v) is 13.8. The summed E-state index contributed by atoms with van der Waals surface area (Å²) in [6.07, 6.45) is 0. The summed E-state index contributed by atoms with van der Waals surface area (Å²) in [7, 11) is 0. The first-order chi connectivity index (χ1) is 9.47. The van der Waals surface area contributed by atoms with E-state index in [0.717, 1.165) is 21.2 Å². The van der Waals surface area contributed by atoms with Crippen molar-refractivity contribution in [2.24, 2.45) is 0 Å². The monoisotopic (exact) mass is 370 g/mol. The number of benzene rings is 1. The Morgan fingerprint density at radius 2 is 1.80 bits per heavy atom. The van der Waals surface area contributed by atoms with Crippen LogP contribution >= 0.6 is 39.1 Å². The number of rotatable bonds is 1. The van der Waals surface area contributed by atoms with Crippen molar-refractivity contribution in [1.82, 2.24) is 19.8 Å². The number of hydrogen-bond acceptors (Lipinski definition) is 3. The lowest BCUT2D eigenvalue weighted by atomic mass is 10.2. The van der Waals surface area contributed by atoms with Crippen molar-refractivity contribution >= 4 is 44.8 Å². The number of halogens is 3. The third-order valence-corrected chi connectivity index (χ3v) is 4.19. The van der Waals surface area contributed by atoms with Crippen LogP contribution in [-0.2, 0) is 0 Å². The Bertz CT molecular complexity index is 809. The van der Waals surface area contributed by atoms with Gasteiger partial charge in [-0.3, -0.25) is 0 Å². The van der Waals surface area contributed by atoms with Crippen LogP contribution in [0.3, 0.4) is 0 Å². The van der Waals surface area contributed by atoms with Crippen molar-refractivity contribution in [3.8, 4) is 11.4 Å². The predicted octanol–water partition coefficient (Wildman–Crippen LogP) is 4.48. The van der Waals surface area contributed by atoms with E-state index in [0.29, 0.717) is 21.6 Å². The Labute approximate surface area is 133 Å². The van der Waals surface area contributed by atoms with Gasteiger partial charge in [0.2, 0.25) is 0 Å². The maximum absolute atomic E-state index is 6.15. The fraction of sp³-hybridized carbons (Fsp3) is 0.154. The minimum absolute atomic E-state index is 0.442. The third kappa shape index (κ3) is 2.20. The standard InChI is InChI=1S/C13H9BrCl2N4/c1-6-7(2)12-17-18-13(20(12)19-11(6)16)8-3-9(14)5-10(15)4-8/h3-5H,1-2H3. The summed E-state index contributed by atoms with van der Waals surface area (Å²) in [5.74, 6) is 0.605. The van der Waals surface area contributed by atoms with Crippen LogP contribution in [0.5, 0.6) is 0 Å². The highest BCUT2D eigenvalue weighted by Gasteiger charge is 2.15. The first-order valence-electron chi connectivity index (χ1n) is 5.82. The van der Waals surface area contributed by atoms with Crippen LogP contribution in [-0.4, -0.2) is 19.8 Å². The topological polar surface area (TPSA) is 43.1 Å². The minimum Gasteiger partial charge on any atom is -0.191 e. The first-order valence-corrected chi connectivity index (χ1v) is 7.37. The molecule has 2 heterocycles. The Kier molecular flexibility index (Phi) is 3.44. The van der Waals surface area contributed by atoms with Crippen LogP contribution in [0.15, 0.2) is 22.7 Å². The molecule has 1 aromatic carbocycles. The van der Waals surface area contributed by atoms with Gasteiger partial charge < -0.3 is 0 Å². The van der Waals surface area contributed by atoms with Gasteiger partial charge in [0.05, 0.1) is 0 Å². The highest BCUT2D eigenvalue weighted by molar-refractivity contribution is 9.10. The molecule has 4 nitrogen and oxygen atoms in total. The van der Waals surface area contributed by atoms with Crippen molar-refractivity contribution in [3.63, 3.8) is 0 Å². The molecule has 0 radical (unpaired) electrons. The molecule has 0 saturated heterocycles. The van der Waals surface area contributed by atoms with Crippen molar-refractivity contribution in [1.29, 1.82) is 0 Å². The second-order valence-corrected chi connectivity index (χ2v) is 6.17. The lowest BCUT2D eigenvalue weighted by Gasteiger charge is -2.05. The molecule has 0 atom stereocenters. The molecule has 0 aliphatic heterocycles. The quantitative estimate of drug-likeness (QED) is 0.633. The van der Waals surface area contributed by atoms with Gasteiger partial charge in [-0.25, -0.2) is 0 Å². The smallest absolute Gasteiger partial charge is 0.185 e. The summed E-state index contributed by atoms with van der Waals surface area (Å²) in [6.45, 7) is 3.86. The highest BCUT2D eigenvalue weighted by atomic mass is 79.9. The van der Waals surface area contributed by atoms with E-state index in [1.807, 2.05) is 32.0 Å². The Morgan fingerprint density at radius 1 is 1.05 bits per heavy atom. The van der Waals surface area contributed by atoms with Gasteiger partial charge in [-0.05, 0) is 37.6 Å². The summed E-state index contributed by atoms with van der Waals surface area (Å²) < 4.78 is 2.51. The summed E-state index contributed by atoms with van der Waals surface area (Å²) in [5.41, 5.74) is 3.39. The molecule has 0 fully saturated rings. The molecule has 0 N–H and O–H groups in total. The normalized spacial score (nSPS) is 11.2. The largest absolute Gasteiger partial charge is 0.191 e. The van der Waals surface area contributed by atoms with Gasteiger partial charge in [-0.15, -0.1) is 10.2 Å². The fourth-order valence-electron chi connectivity index (χ4n) is 1.96. The SMILES string of the molecule is Cc1c(Cl)nn2c(-c3cc(Cl)cc(Br)c3)nnc2c1C. The number of fused-ring (bicyclic) bond motifs is 1. The average molecular weight is 372 g/mol. The predicted molar refractivity (Wildman–Crippen MR) is 83.4 cm³/mol. The van der Waals surface area contributed by atoms with Crippen LogP contribution < -0.4 is 0 Å². The van der Waals surface area contributed by atoms with E-state index in [2.05, 4.69) is 31.2 Å². The Morgan fingerprint density at radius 3 is 2.50 bits per heavy atom. The molecule has 0 aliphatic rings. The zero-order valence-electron chi connectivity index (χ0n) is 10.7. The Hall–Kier alpha value is -1.17. The molecule has 3 aromatic rings. The van der Waals surface area contributed by atoms with E-state index in [-0.39, 0.29) is 0 Å². The highest BCUT2D eigenvalue weighted by Crippen LogP contribution is 2.28. The molecule has 0 bridgehead atoms. The summed E-state index contributed by atoms with van der Waals surface area (Å²) in [6, 6.07) is 5.53. The van der Waals surface area contributed by atoms with E-state index < -0.39 is 0 Å². The molecule has 0 unspecified atom stereocenters. The van der Waals surface area contributed by atoms with Gasteiger partial charge in [-0.2, -0.15) is 9.61 Å². The van der Waals surface area contributed by atoms with Gasteiger partial charge in [0.1, 0.15) is 0 Å². The van der Waals surface area contributed by atoms with E-state index in [9.17, 15) is 0 Å². The van der Waals surface area contributed by atoms with Crippen LogP contribution in [0.2, 0.25) is 10.2 Å². The molecule has 0 aliphatic carbocycles. The van der Waals surface area contributed by atoms with Gasteiger partial charge >= 0.3 is 0 Å². The lowest BCUT2D eigenvalue weighted by Crippen LogP contribution is -2.00. The Balaban J connectivity index is 2.32. The van der Waals surface area contributed by atoms with Crippen molar-refractivity contribution in [2.75, 3.05) is 0 Å². The molecule has 2 aromatic heterocycles. The number of hydrogen-bond donors (Lipinski definition) is 0. The van der Waals surface area contributed by atoms with Crippen LogP contribution in [0, 0.1) is 13.8 Å². The second-order valence-electron chi connectivity index (χ2n) is 4.46. The van der Waals surface area contributed by atoms with Crippen LogP contribution in [0.25, 0.3) is 17.0 Å². The van der Waals surface area contributed by atoms with Crippen molar-refractivity contribution < 1.29 is 0 Å². The third-order valence-electron chi connectivity index (χ3n) is 3.16. The number of nitrogens with zero attached hydrogens (tertiary/aromatic N) is 4. The summed E-state index contributed by atoms with van der Waals surface area (Å²) in [5, 5.41) is 13.8. The van der Waals surface area contributed by atoms with Crippen molar-refractivity contribution in [3.05, 3.63) is 44.0 Å². The van der Waals surface area contributed by atoms with E-state index >= 15 is 0 Å². The minimum atomic E-state index is 0.442. The van der Waals surface area contributed by atoms with Crippen molar-refractivity contribution in [2.45, 2.75) is 13.8 Å². The lowest BCUT2D eigenvalue weighted by molar-refractivity contribution is 0.919. The van der Waals surface area contributed by atoms with E-state index in [1.165, 1.54) is 0 Å². The van der Waals surface area contributed by atoms with Gasteiger partial charge in [-0.1, -0.05) is 39.1 Å². The fourth-order valence-corrected chi connectivity index (χ4v) is 3.03. The molecular formula is C13H9BrCl2N4. The molecule has 102 valence electrons. The van der Waals surface area contributed by atoms with Gasteiger partial charge in [0.25, 0.3) is 0 Å². The molecule has 7 heteroatoms. The first kappa shape index (κ1) is 13.8. The molecule has 3 rings (SSSR count). The van der Waals surface area contributed by atoms with Crippen LogP contribution in [0.1, 0.15) is 11.1 Å². The zero-order chi connectivity index (χ0) is 14.4. The maximum atomic E-state index is 6.15. The summed E-state index contributed by atoms with van der Waals surface area (Å²) >= 11 is 15.6. The van der Waals surface area contributed by atoms with E-state index in [1.54, 1.807) is 4.52 Å². The molecule has 0 saturated carbocycles. The van der Waals surface area contributed by atoms with Gasteiger partial charge in [0, 0.05) is 20.6 Å².